The number of nitrogens with zero attached hydrogens (tertiary/aromatic N) is 2. The van der Waals surface area contributed by atoms with Crippen molar-refractivity contribution in [3.63, 3.8) is 0 Å². The maximum absolute atomic E-state index is 13.2. The molecule has 7 heteroatoms. The van der Waals surface area contributed by atoms with Gasteiger partial charge < -0.3 is 15.0 Å². The first-order chi connectivity index (χ1) is 17.0. The standard InChI is InChI=1S/C28H31N3O3S/c1-3-12-29-27(32)24-17-35-25(30-24)16-34-22-10-9-19-11-13-31(28(33)20-7-8-20)26(23(19)15-22)21-6-4-5-18(2)14-21/h4-6,9-10,14-15,17,20,26H,3,7-8,11-13,16H2,1-2H3,(H,29,32). The zero-order valence-electron chi connectivity index (χ0n) is 20.3. The van der Waals surface area contributed by atoms with Crippen LogP contribution >= 0.6 is 11.3 Å². The van der Waals surface area contributed by atoms with Gasteiger partial charge in [-0.05, 0) is 61.4 Å². The average molecular weight is 490 g/mol. The van der Waals surface area contributed by atoms with E-state index in [0.29, 0.717) is 18.8 Å². The van der Waals surface area contributed by atoms with Gasteiger partial charge in [-0.2, -0.15) is 0 Å². The molecule has 1 saturated carbocycles. The molecule has 3 aromatic rings. The van der Waals surface area contributed by atoms with Crippen LogP contribution in [0, 0.1) is 12.8 Å². The van der Waals surface area contributed by atoms with Crippen molar-refractivity contribution in [3.05, 3.63) is 80.8 Å². The summed E-state index contributed by atoms with van der Waals surface area (Å²) in [5.74, 6) is 1.04. The summed E-state index contributed by atoms with van der Waals surface area (Å²) in [5, 5.41) is 5.38. The molecule has 1 aliphatic heterocycles. The lowest BCUT2D eigenvalue weighted by Gasteiger charge is -2.38. The Morgan fingerprint density at radius 2 is 2.06 bits per heavy atom. The number of benzene rings is 2. The van der Waals surface area contributed by atoms with Gasteiger partial charge in [0.05, 0.1) is 6.04 Å². The van der Waals surface area contributed by atoms with Gasteiger partial charge >= 0.3 is 0 Å². The van der Waals surface area contributed by atoms with E-state index >= 15 is 0 Å². The van der Waals surface area contributed by atoms with Gasteiger partial charge in [0.1, 0.15) is 23.1 Å². The lowest BCUT2D eigenvalue weighted by atomic mass is 9.87. The normalized spacial score (nSPS) is 17.1. The fourth-order valence-electron chi connectivity index (χ4n) is 4.64. The number of thiazole rings is 1. The van der Waals surface area contributed by atoms with Crippen molar-refractivity contribution in [2.75, 3.05) is 13.1 Å². The Hall–Kier alpha value is -3.19. The maximum Gasteiger partial charge on any atom is 0.270 e. The largest absolute Gasteiger partial charge is 0.486 e. The summed E-state index contributed by atoms with van der Waals surface area (Å²) in [6.45, 7) is 5.78. The minimum absolute atomic E-state index is 0.107. The van der Waals surface area contributed by atoms with Crippen LogP contribution < -0.4 is 10.1 Å². The highest BCUT2D eigenvalue weighted by molar-refractivity contribution is 7.09. The van der Waals surface area contributed by atoms with Crippen LogP contribution in [0.5, 0.6) is 5.75 Å². The van der Waals surface area contributed by atoms with E-state index in [-0.39, 0.29) is 23.8 Å². The summed E-state index contributed by atoms with van der Waals surface area (Å²) in [7, 11) is 0. The summed E-state index contributed by atoms with van der Waals surface area (Å²) in [4.78, 5) is 31.9. The van der Waals surface area contributed by atoms with Crippen molar-refractivity contribution < 1.29 is 14.3 Å². The van der Waals surface area contributed by atoms with Crippen LogP contribution in [0.2, 0.25) is 0 Å². The lowest BCUT2D eigenvalue weighted by molar-refractivity contribution is -0.134. The van der Waals surface area contributed by atoms with Crippen LogP contribution in [0.25, 0.3) is 0 Å². The van der Waals surface area contributed by atoms with Crippen molar-refractivity contribution >= 4 is 23.2 Å². The summed E-state index contributed by atoms with van der Waals surface area (Å²) in [5.41, 5.74) is 5.14. The Morgan fingerprint density at radius 1 is 1.20 bits per heavy atom. The first-order valence-corrected chi connectivity index (χ1v) is 13.3. The van der Waals surface area contributed by atoms with Gasteiger partial charge in [-0.15, -0.1) is 11.3 Å². The van der Waals surface area contributed by atoms with E-state index in [9.17, 15) is 9.59 Å². The van der Waals surface area contributed by atoms with E-state index in [2.05, 4.69) is 58.5 Å². The van der Waals surface area contributed by atoms with Crippen LogP contribution in [-0.4, -0.2) is 34.8 Å². The van der Waals surface area contributed by atoms with E-state index < -0.39 is 0 Å². The number of aryl methyl sites for hydroxylation is 1. The summed E-state index contributed by atoms with van der Waals surface area (Å²) >= 11 is 1.42. The molecule has 6 nitrogen and oxygen atoms in total. The zero-order chi connectivity index (χ0) is 24.4. The third-order valence-electron chi connectivity index (χ3n) is 6.60. The number of aromatic nitrogens is 1. The number of nitrogens with one attached hydrogen (secondary N) is 1. The van der Waals surface area contributed by atoms with Gasteiger partial charge in [0.2, 0.25) is 5.91 Å². The van der Waals surface area contributed by atoms with Crippen molar-refractivity contribution in [1.29, 1.82) is 0 Å². The first-order valence-electron chi connectivity index (χ1n) is 12.4. The van der Waals surface area contributed by atoms with Gasteiger partial charge in [0.25, 0.3) is 5.91 Å². The van der Waals surface area contributed by atoms with Crippen molar-refractivity contribution in [2.24, 2.45) is 5.92 Å². The molecule has 1 atom stereocenters. The Bertz CT molecular complexity index is 1230. The Labute approximate surface area is 210 Å². The third kappa shape index (κ3) is 5.25. The van der Waals surface area contributed by atoms with Crippen LogP contribution in [-0.2, 0) is 17.8 Å². The van der Waals surface area contributed by atoms with Crippen molar-refractivity contribution in [3.8, 4) is 5.75 Å². The fourth-order valence-corrected chi connectivity index (χ4v) is 5.33. The van der Waals surface area contributed by atoms with Gasteiger partial charge in [0.15, 0.2) is 0 Å². The highest BCUT2D eigenvalue weighted by Crippen LogP contribution is 2.41. The number of carbonyl (C=O) groups excluding carboxylic acids is 2. The van der Waals surface area contributed by atoms with E-state index in [1.54, 1.807) is 5.38 Å². The third-order valence-corrected chi connectivity index (χ3v) is 7.42. The number of hydrogen-bond donors (Lipinski definition) is 1. The topological polar surface area (TPSA) is 71.5 Å². The molecule has 2 aliphatic rings. The Balaban J connectivity index is 1.38. The van der Waals surface area contributed by atoms with Crippen molar-refractivity contribution in [2.45, 2.75) is 52.2 Å². The monoisotopic (exact) mass is 489 g/mol. The molecular formula is C28H31N3O3S. The first kappa shape index (κ1) is 23.5. The molecule has 0 saturated heterocycles. The number of fused-ring (bicyclic) bond motifs is 1. The minimum atomic E-state index is -0.149. The number of hydrogen-bond acceptors (Lipinski definition) is 5. The summed E-state index contributed by atoms with van der Waals surface area (Å²) in [6, 6.07) is 14.5. The van der Waals surface area contributed by atoms with Gasteiger partial charge in [0, 0.05) is 24.4 Å². The number of carbonyl (C=O) groups is 2. The molecule has 35 heavy (non-hydrogen) atoms. The maximum atomic E-state index is 13.2. The molecule has 1 N–H and O–H groups in total. The van der Waals surface area contributed by atoms with Crippen molar-refractivity contribution in [1.82, 2.24) is 15.2 Å². The van der Waals surface area contributed by atoms with Crippen LogP contribution in [0.1, 0.15) is 70.0 Å². The SMILES string of the molecule is CCCNC(=O)c1csc(COc2ccc3c(c2)C(c2cccc(C)c2)N(C(=O)C2CC2)CC3)n1. The van der Waals surface area contributed by atoms with E-state index in [0.717, 1.165) is 54.1 Å². The average Bonchev–Trinajstić information content (AvgIpc) is 3.62. The highest BCUT2D eigenvalue weighted by Gasteiger charge is 2.39. The molecule has 1 fully saturated rings. The molecule has 2 aromatic carbocycles. The quantitative estimate of drug-likeness (QED) is 0.480. The summed E-state index contributed by atoms with van der Waals surface area (Å²) < 4.78 is 6.11. The number of amides is 2. The molecule has 1 unspecified atom stereocenters. The number of rotatable bonds is 8. The second kappa shape index (κ2) is 10.2. The second-order valence-corrected chi connectivity index (χ2v) is 10.3. The predicted molar refractivity (Wildman–Crippen MR) is 137 cm³/mol. The Kier molecular flexibility index (Phi) is 6.86. The molecule has 1 aromatic heterocycles. The predicted octanol–water partition coefficient (Wildman–Crippen LogP) is 5.05. The molecule has 182 valence electrons. The van der Waals surface area contributed by atoms with E-state index in [4.69, 9.17) is 4.74 Å². The molecule has 0 radical (unpaired) electrons. The smallest absolute Gasteiger partial charge is 0.270 e. The van der Waals surface area contributed by atoms with Gasteiger partial charge in [-0.3, -0.25) is 9.59 Å². The zero-order valence-corrected chi connectivity index (χ0v) is 21.1. The van der Waals surface area contributed by atoms with Gasteiger partial charge in [-0.25, -0.2) is 4.98 Å². The molecule has 0 bridgehead atoms. The highest BCUT2D eigenvalue weighted by atomic mass is 32.1. The molecule has 1 aliphatic carbocycles. The minimum Gasteiger partial charge on any atom is -0.486 e. The lowest BCUT2D eigenvalue weighted by Crippen LogP contribution is -2.41. The fraction of sp³-hybridized carbons (Fsp3) is 0.393. The van der Waals surface area contributed by atoms with E-state index in [1.165, 1.54) is 22.5 Å². The van der Waals surface area contributed by atoms with Crippen LogP contribution in [0.15, 0.2) is 47.8 Å². The van der Waals surface area contributed by atoms with Crippen LogP contribution in [0.3, 0.4) is 0 Å². The molecule has 5 rings (SSSR count). The molecular weight excluding hydrogens is 458 g/mol. The molecule has 2 amide bonds. The molecule has 0 spiro atoms. The van der Waals surface area contributed by atoms with E-state index in [1.807, 2.05) is 13.0 Å². The summed E-state index contributed by atoms with van der Waals surface area (Å²) in [6.07, 6.45) is 3.73. The number of ether oxygens (including phenoxy) is 1. The van der Waals surface area contributed by atoms with Gasteiger partial charge in [-0.1, -0.05) is 42.8 Å². The van der Waals surface area contributed by atoms with Crippen LogP contribution in [0.4, 0.5) is 0 Å². The second-order valence-electron chi connectivity index (χ2n) is 9.40. The Morgan fingerprint density at radius 3 is 2.83 bits per heavy atom. The molecule has 2 heterocycles.